The van der Waals surface area contributed by atoms with Gasteiger partial charge in [0.1, 0.15) is 17.2 Å². The molecule has 1 aliphatic rings. The van der Waals surface area contributed by atoms with Crippen molar-refractivity contribution in [1.29, 1.82) is 5.26 Å². The number of carbonyl (C=O) groups excluding carboxylic acids is 2. The number of rotatable bonds is 3. The van der Waals surface area contributed by atoms with E-state index in [0.717, 1.165) is 19.5 Å². The molecule has 0 N–H and O–H groups in total. The van der Waals surface area contributed by atoms with Gasteiger partial charge in [-0.05, 0) is 31.6 Å². The number of fused-ring (bicyclic) bond motifs is 1. The molecule has 6 nitrogen and oxygen atoms in total. The Balaban J connectivity index is 1.77. The van der Waals surface area contributed by atoms with Crippen LogP contribution in [-0.4, -0.2) is 28.2 Å². The first kappa shape index (κ1) is 17.4. The number of thiazole rings is 1. The fourth-order valence-corrected chi connectivity index (χ4v) is 4.49. The first-order valence-electron chi connectivity index (χ1n) is 8.16. The van der Waals surface area contributed by atoms with Crippen molar-refractivity contribution < 1.29 is 14.0 Å². The second-order valence-corrected chi connectivity index (χ2v) is 7.86. The third-order valence-corrected chi connectivity index (χ3v) is 6.10. The van der Waals surface area contributed by atoms with Gasteiger partial charge in [-0.3, -0.25) is 14.5 Å². The van der Waals surface area contributed by atoms with Gasteiger partial charge in [0.2, 0.25) is 0 Å². The Morgan fingerprint density at radius 3 is 2.78 bits per heavy atom. The highest BCUT2D eigenvalue weighted by Crippen LogP contribution is 2.36. The molecule has 27 heavy (non-hydrogen) atoms. The SMILES string of the molecule is CCN1C(=O)C(C#N)=C(C)/C(=C/c2cc3oc(-c4nccs4)cc3s2)C1=O. The Kier molecular flexibility index (Phi) is 4.26. The highest BCUT2D eigenvalue weighted by Gasteiger charge is 2.34. The lowest BCUT2D eigenvalue weighted by atomic mass is 9.95. The predicted octanol–water partition coefficient (Wildman–Crippen LogP) is 4.23. The van der Waals surface area contributed by atoms with Crippen molar-refractivity contribution in [2.45, 2.75) is 13.8 Å². The Morgan fingerprint density at radius 1 is 1.33 bits per heavy atom. The fourth-order valence-electron chi connectivity index (χ4n) is 2.94. The number of carbonyl (C=O) groups is 2. The second kappa shape index (κ2) is 6.61. The molecule has 0 aliphatic carbocycles. The lowest BCUT2D eigenvalue weighted by molar-refractivity contribution is -0.140. The normalized spacial score (nSPS) is 16.6. The molecule has 0 radical (unpaired) electrons. The number of imide groups is 1. The van der Waals surface area contributed by atoms with Crippen LogP contribution in [0, 0.1) is 11.3 Å². The Hall–Kier alpha value is -3.02. The summed E-state index contributed by atoms with van der Waals surface area (Å²) in [6.45, 7) is 3.56. The number of thiophene rings is 1. The minimum Gasteiger partial charge on any atom is -0.453 e. The van der Waals surface area contributed by atoms with E-state index in [0.29, 0.717) is 22.5 Å². The van der Waals surface area contributed by atoms with Gasteiger partial charge >= 0.3 is 0 Å². The van der Waals surface area contributed by atoms with Crippen molar-refractivity contribution in [3.05, 3.63) is 45.3 Å². The van der Waals surface area contributed by atoms with Crippen LogP contribution in [0.5, 0.6) is 0 Å². The summed E-state index contributed by atoms with van der Waals surface area (Å²) < 4.78 is 6.80. The summed E-state index contributed by atoms with van der Waals surface area (Å²) in [5.41, 5.74) is 1.49. The summed E-state index contributed by atoms with van der Waals surface area (Å²) in [7, 11) is 0. The highest BCUT2D eigenvalue weighted by molar-refractivity contribution is 7.20. The molecule has 0 saturated carbocycles. The van der Waals surface area contributed by atoms with Crippen molar-refractivity contribution in [2.75, 3.05) is 6.54 Å². The number of likely N-dealkylation sites (N-methyl/N-ethyl adjacent to an activating group) is 1. The van der Waals surface area contributed by atoms with E-state index in [1.54, 1.807) is 26.1 Å². The number of aromatic nitrogens is 1. The number of furan rings is 1. The standard InChI is InChI=1S/C19H13N3O3S2/c1-3-22-18(23)12(10(2)13(9-20)19(22)24)6-11-7-14-16(27-11)8-15(25-14)17-21-4-5-26-17/h4-8H,3H2,1-2H3/b12-6-. The zero-order valence-corrected chi connectivity index (χ0v) is 16.1. The summed E-state index contributed by atoms with van der Waals surface area (Å²) in [6, 6.07) is 5.70. The quantitative estimate of drug-likeness (QED) is 0.489. The van der Waals surface area contributed by atoms with Gasteiger partial charge in [0.05, 0.1) is 4.70 Å². The average Bonchev–Trinajstić information content (AvgIpc) is 3.35. The number of nitrogens with zero attached hydrogens (tertiary/aromatic N) is 3. The van der Waals surface area contributed by atoms with Crippen molar-refractivity contribution in [2.24, 2.45) is 0 Å². The minimum atomic E-state index is -0.535. The second-order valence-electron chi connectivity index (χ2n) is 5.85. The third kappa shape index (κ3) is 2.81. The van der Waals surface area contributed by atoms with E-state index in [1.165, 1.54) is 22.7 Å². The number of amides is 2. The van der Waals surface area contributed by atoms with E-state index in [-0.39, 0.29) is 18.0 Å². The average molecular weight is 395 g/mol. The highest BCUT2D eigenvalue weighted by atomic mass is 32.1. The molecule has 0 spiro atoms. The monoisotopic (exact) mass is 395 g/mol. The smallest absolute Gasteiger partial charge is 0.271 e. The van der Waals surface area contributed by atoms with Crippen LogP contribution in [0.15, 0.2) is 44.8 Å². The lowest BCUT2D eigenvalue weighted by Gasteiger charge is -2.26. The first-order valence-corrected chi connectivity index (χ1v) is 9.85. The van der Waals surface area contributed by atoms with Crippen LogP contribution in [-0.2, 0) is 9.59 Å². The van der Waals surface area contributed by atoms with Gasteiger partial charge in [0.15, 0.2) is 10.8 Å². The molecule has 0 aromatic carbocycles. The molecule has 134 valence electrons. The van der Waals surface area contributed by atoms with E-state index >= 15 is 0 Å². The van der Waals surface area contributed by atoms with E-state index in [2.05, 4.69) is 4.98 Å². The molecule has 0 fully saturated rings. The molecule has 4 rings (SSSR count). The first-order chi connectivity index (χ1) is 13.0. The molecule has 4 heterocycles. The van der Waals surface area contributed by atoms with Gasteiger partial charge in [-0.2, -0.15) is 5.26 Å². The molecule has 3 aromatic rings. The molecule has 1 aliphatic heterocycles. The number of hydrogen-bond donors (Lipinski definition) is 0. The summed E-state index contributed by atoms with van der Waals surface area (Å²) >= 11 is 2.98. The third-order valence-electron chi connectivity index (χ3n) is 4.30. The molecule has 8 heteroatoms. The largest absolute Gasteiger partial charge is 0.453 e. The summed E-state index contributed by atoms with van der Waals surface area (Å²) in [5.74, 6) is -0.204. The van der Waals surface area contributed by atoms with E-state index in [4.69, 9.17) is 4.42 Å². The lowest BCUT2D eigenvalue weighted by Crippen LogP contribution is -2.42. The van der Waals surface area contributed by atoms with Crippen molar-refractivity contribution in [3.63, 3.8) is 0 Å². The van der Waals surface area contributed by atoms with Gasteiger partial charge in [0.25, 0.3) is 11.8 Å². The molecule has 3 aromatic heterocycles. The molecule has 0 atom stereocenters. The molecular formula is C19H13N3O3S2. The summed E-state index contributed by atoms with van der Waals surface area (Å²) in [4.78, 5) is 31.1. The Labute approximate surface area is 162 Å². The maximum atomic E-state index is 12.7. The van der Waals surface area contributed by atoms with Crippen LogP contribution in [0.2, 0.25) is 0 Å². The van der Waals surface area contributed by atoms with Crippen LogP contribution in [0.3, 0.4) is 0 Å². The van der Waals surface area contributed by atoms with Crippen LogP contribution in [0.25, 0.3) is 27.1 Å². The number of nitriles is 1. The topological polar surface area (TPSA) is 87.2 Å². The maximum absolute atomic E-state index is 12.7. The molecular weight excluding hydrogens is 382 g/mol. The molecule has 0 unspecified atom stereocenters. The zero-order valence-electron chi connectivity index (χ0n) is 14.5. The van der Waals surface area contributed by atoms with E-state index < -0.39 is 5.91 Å². The Morgan fingerprint density at radius 2 is 2.15 bits per heavy atom. The van der Waals surface area contributed by atoms with Crippen LogP contribution in [0.4, 0.5) is 0 Å². The molecule has 2 amide bonds. The van der Waals surface area contributed by atoms with Gasteiger partial charge in [-0.25, -0.2) is 4.98 Å². The minimum absolute atomic E-state index is 0.00833. The summed E-state index contributed by atoms with van der Waals surface area (Å²) in [6.07, 6.45) is 3.44. The van der Waals surface area contributed by atoms with Crippen molar-refractivity contribution in [3.8, 4) is 16.8 Å². The fraction of sp³-hybridized carbons (Fsp3) is 0.158. The Bertz CT molecular complexity index is 1140. The number of hydrogen-bond acceptors (Lipinski definition) is 7. The maximum Gasteiger partial charge on any atom is 0.271 e. The van der Waals surface area contributed by atoms with E-state index in [9.17, 15) is 14.9 Å². The van der Waals surface area contributed by atoms with Crippen molar-refractivity contribution >= 4 is 50.8 Å². The van der Waals surface area contributed by atoms with Crippen LogP contribution in [0.1, 0.15) is 18.7 Å². The van der Waals surface area contributed by atoms with Crippen molar-refractivity contribution in [1.82, 2.24) is 9.88 Å². The van der Waals surface area contributed by atoms with Gasteiger partial charge in [-0.15, -0.1) is 22.7 Å². The van der Waals surface area contributed by atoms with Crippen LogP contribution >= 0.6 is 22.7 Å². The molecule has 0 bridgehead atoms. The van der Waals surface area contributed by atoms with E-state index in [1.807, 2.05) is 23.6 Å². The molecule has 0 saturated heterocycles. The predicted molar refractivity (Wildman–Crippen MR) is 104 cm³/mol. The van der Waals surface area contributed by atoms with Gasteiger partial charge in [-0.1, -0.05) is 0 Å². The zero-order chi connectivity index (χ0) is 19.1. The summed E-state index contributed by atoms with van der Waals surface area (Å²) in [5, 5.41) is 12.0. The van der Waals surface area contributed by atoms with Gasteiger partial charge < -0.3 is 4.42 Å². The van der Waals surface area contributed by atoms with Crippen LogP contribution < -0.4 is 0 Å². The van der Waals surface area contributed by atoms with Gasteiger partial charge in [0, 0.05) is 34.6 Å².